The maximum atomic E-state index is 11.1. The second kappa shape index (κ2) is 7.53. The highest BCUT2D eigenvalue weighted by Crippen LogP contribution is 2.29. The monoisotopic (exact) mass is 394 g/mol. The molecule has 0 unspecified atom stereocenters. The second-order valence-corrected chi connectivity index (χ2v) is 6.71. The van der Waals surface area contributed by atoms with Crippen molar-refractivity contribution in [1.29, 1.82) is 0 Å². The molecule has 125 valence electrons. The number of carboxylic acids is 1. The van der Waals surface area contributed by atoms with Crippen LogP contribution in [0.3, 0.4) is 0 Å². The molecule has 0 aliphatic carbocycles. The lowest BCUT2D eigenvalue weighted by atomic mass is 9.85. The molecule has 1 radical (unpaired) electrons. The summed E-state index contributed by atoms with van der Waals surface area (Å²) >= 11 is 3.45. The molecule has 0 amide bonds. The second-order valence-electron chi connectivity index (χ2n) is 5.79. The predicted octanol–water partition coefficient (Wildman–Crippen LogP) is 4.94. The van der Waals surface area contributed by atoms with Gasteiger partial charge in [0.2, 0.25) is 0 Å². The number of rotatable bonds is 5. The summed E-state index contributed by atoms with van der Waals surface area (Å²) in [5.41, 5.74) is 10.1. The van der Waals surface area contributed by atoms with Crippen LogP contribution in [-0.4, -0.2) is 11.1 Å². The molecule has 0 aliphatic rings. The van der Waals surface area contributed by atoms with Gasteiger partial charge in [0.05, 0.1) is 5.56 Å². The number of benzene rings is 3. The molecular weight excluding hydrogens is 378 g/mol. The zero-order chi connectivity index (χ0) is 17.8. The van der Waals surface area contributed by atoms with E-state index in [0.717, 1.165) is 27.9 Å². The third-order valence-electron chi connectivity index (χ3n) is 4.01. The maximum absolute atomic E-state index is 11.1. The van der Waals surface area contributed by atoms with Gasteiger partial charge in [0.25, 0.3) is 0 Å². The maximum Gasteiger partial charge on any atom is 0.335 e. The predicted molar refractivity (Wildman–Crippen MR) is 104 cm³/mol. The minimum absolute atomic E-state index is 0.277. The molecule has 0 saturated carbocycles. The lowest BCUT2D eigenvalue weighted by Crippen LogP contribution is -2.07. The fourth-order valence-corrected chi connectivity index (χ4v) is 2.98. The minimum atomic E-state index is -0.926. The first-order valence-electron chi connectivity index (χ1n) is 7.83. The average Bonchev–Trinajstić information content (AvgIpc) is 2.61. The van der Waals surface area contributed by atoms with Crippen LogP contribution >= 0.6 is 15.9 Å². The molecule has 4 heteroatoms. The summed E-state index contributed by atoms with van der Waals surface area (Å²) in [6.45, 7) is 0. The molecule has 3 aromatic rings. The molecular formula is C21H17BrNO2. The highest BCUT2D eigenvalue weighted by atomic mass is 79.9. The number of nitrogen functional groups attached to an aromatic ring is 1. The van der Waals surface area contributed by atoms with E-state index in [1.807, 2.05) is 48.5 Å². The number of anilines is 1. The molecule has 0 spiro atoms. The summed E-state index contributed by atoms with van der Waals surface area (Å²) in [5.74, 6) is 0.177. The Morgan fingerprint density at radius 1 is 0.880 bits per heavy atom. The van der Waals surface area contributed by atoms with Gasteiger partial charge >= 0.3 is 5.97 Å². The van der Waals surface area contributed by atoms with E-state index < -0.39 is 5.97 Å². The van der Waals surface area contributed by atoms with Crippen LogP contribution in [0.25, 0.3) is 0 Å². The van der Waals surface area contributed by atoms with Crippen molar-refractivity contribution in [1.82, 2.24) is 0 Å². The summed E-state index contributed by atoms with van der Waals surface area (Å²) in [6, 6.07) is 22.9. The molecule has 3 N–H and O–H groups in total. The van der Waals surface area contributed by atoms with Crippen molar-refractivity contribution in [2.75, 3.05) is 5.73 Å². The number of hydrogen-bond donors (Lipinski definition) is 2. The Hall–Kier alpha value is -2.59. The Morgan fingerprint density at radius 3 is 2.12 bits per heavy atom. The summed E-state index contributed by atoms with van der Waals surface area (Å²) in [5, 5.41) is 9.10. The van der Waals surface area contributed by atoms with Crippen LogP contribution in [0.1, 0.15) is 27.0 Å². The third kappa shape index (κ3) is 4.28. The first-order chi connectivity index (χ1) is 12.0. The molecule has 0 aliphatic heterocycles. The number of carbonyl (C=O) groups is 1. The fourth-order valence-electron chi connectivity index (χ4n) is 2.72. The fraction of sp³-hybridized carbons (Fsp3) is 0.0476. The van der Waals surface area contributed by atoms with Crippen molar-refractivity contribution in [2.45, 2.75) is 6.42 Å². The van der Waals surface area contributed by atoms with E-state index in [1.165, 1.54) is 5.56 Å². The van der Waals surface area contributed by atoms with Crippen molar-refractivity contribution in [3.05, 3.63) is 105 Å². The van der Waals surface area contributed by atoms with Gasteiger partial charge in [0.15, 0.2) is 0 Å². The van der Waals surface area contributed by atoms with Crippen LogP contribution in [0.4, 0.5) is 5.69 Å². The van der Waals surface area contributed by atoms with E-state index in [-0.39, 0.29) is 5.56 Å². The van der Waals surface area contributed by atoms with E-state index in [2.05, 4.69) is 28.1 Å². The van der Waals surface area contributed by atoms with Crippen molar-refractivity contribution in [3.63, 3.8) is 0 Å². The van der Waals surface area contributed by atoms with Gasteiger partial charge in [-0.2, -0.15) is 0 Å². The topological polar surface area (TPSA) is 63.3 Å². The Kier molecular flexibility index (Phi) is 5.19. The van der Waals surface area contributed by atoms with Crippen molar-refractivity contribution >= 4 is 27.6 Å². The SMILES string of the molecule is Nc1cccc([C](Cc2ccc(Br)cc2)c2ccc(C(=O)O)cc2)c1. The molecule has 25 heavy (non-hydrogen) atoms. The molecule has 0 heterocycles. The number of nitrogens with two attached hydrogens (primary N) is 1. The molecule has 0 fully saturated rings. The number of halogens is 1. The largest absolute Gasteiger partial charge is 0.478 e. The minimum Gasteiger partial charge on any atom is -0.478 e. The molecule has 0 bridgehead atoms. The van der Waals surface area contributed by atoms with Crippen molar-refractivity contribution < 1.29 is 9.90 Å². The first-order valence-corrected chi connectivity index (χ1v) is 8.62. The van der Waals surface area contributed by atoms with Crippen LogP contribution in [0.2, 0.25) is 0 Å². The summed E-state index contributed by atoms with van der Waals surface area (Å²) < 4.78 is 1.03. The van der Waals surface area contributed by atoms with Crippen LogP contribution in [0, 0.1) is 5.92 Å². The van der Waals surface area contributed by atoms with Gasteiger partial charge in [-0.15, -0.1) is 0 Å². The van der Waals surface area contributed by atoms with Gasteiger partial charge in [-0.25, -0.2) is 4.79 Å². The third-order valence-corrected chi connectivity index (χ3v) is 4.54. The lowest BCUT2D eigenvalue weighted by Gasteiger charge is -2.18. The standard InChI is InChI=1S/C21H17BrNO2/c22-18-10-4-14(5-11-18)12-20(17-2-1-3-19(23)13-17)15-6-8-16(9-7-15)21(24)25/h1-11,13H,12,23H2,(H,24,25). The zero-order valence-corrected chi connectivity index (χ0v) is 15.0. The van der Waals surface area contributed by atoms with E-state index in [9.17, 15) is 4.79 Å². The molecule has 3 rings (SSSR count). The number of aromatic carboxylic acids is 1. The lowest BCUT2D eigenvalue weighted by molar-refractivity contribution is 0.0697. The number of carboxylic acid groups (broad SMARTS) is 1. The smallest absolute Gasteiger partial charge is 0.335 e. The van der Waals surface area contributed by atoms with Gasteiger partial charge < -0.3 is 10.8 Å². The van der Waals surface area contributed by atoms with Crippen LogP contribution in [0.15, 0.2) is 77.3 Å². The van der Waals surface area contributed by atoms with E-state index in [1.54, 1.807) is 12.1 Å². The highest BCUT2D eigenvalue weighted by Gasteiger charge is 2.17. The van der Waals surface area contributed by atoms with Gasteiger partial charge in [0, 0.05) is 16.1 Å². The van der Waals surface area contributed by atoms with Crippen molar-refractivity contribution in [3.8, 4) is 0 Å². The zero-order valence-electron chi connectivity index (χ0n) is 13.4. The number of hydrogen-bond acceptors (Lipinski definition) is 2. The summed E-state index contributed by atoms with van der Waals surface area (Å²) in [7, 11) is 0. The Balaban J connectivity index is 1.98. The molecule has 0 saturated heterocycles. The molecule has 3 aromatic carbocycles. The van der Waals surface area contributed by atoms with Crippen LogP contribution in [-0.2, 0) is 6.42 Å². The Bertz CT molecular complexity index is 873. The Labute approximate surface area is 155 Å². The van der Waals surface area contributed by atoms with Gasteiger partial charge in [-0.3, -0.25) is 0 Å². The quantitative estimate of drug-likeness (QED) is 0.602. The van der Waals surface area contributed by atoms with Crippen molar-refractivity contribution in [2.24, 2.45) is 0 Å². The highest BCUT2D eigenvalue weighted by molar-refractivity contribution is 9.10. The summed E-state index contributed by atoms with van der Waals surface area (Å²) in [6.07, 6.45) is 0.725. The van der Waals surface area contributed by atoms with E-state index in [4.69, 9.17) is 10.8 Å². The van der Waals surface area contributed by atoms with Crippen LogP contribution in [0.5, 0.6) is 0 Å². The molecule has 0 aromatic heterocycles. The molecule has 3 nitrogen and oxygen atoms in total. The van der Waals surface area contributed by atoms with Crippen LogP contribution < -0.4 is 5.73 Å². The van der Waals surface area contributed by atoms with E-state index in [0.29, 0.717) is 5.69 Å². The molecule has 0 atom stereocenters. The average molecular weight is 395 g/mol. The van der Waals surface area contributed by atoms with Gasteiger partial charge in [0.1, 0.15) is 0 Å². The Morgan fingerprint density at radius 2 is 1.52 bits per heavy atom. The van der Waals surface area contributed by atoms with E-state index >= 15 is 0 Å². The normalized spacial score (nSPS) is 10.8. The van der Waals surface area contributed by atoms with Gasteiger partial charge in [-0.1, -0.05) is 52.3 Å². The van der Waals surface area contributed by atoms with Gasteiger partial charge in [-0.05, 0) is 59.5 Å². The first kappa shape index (κ1) is 17.2. The summed E-state index contributed by atoms with van der Waals surface area (Å²) in [4.78, 5) is 11.1.